The van der Waals surface area contributed by atoms with Crippen LogP contribution in [0.3, 0.4) is 0 Å². The molecule has 1 unspecified atom stereocenters. The fourth-order valence-electron chi connectivity index (χ4n) is 3.58. The molecule has 7 heteroatoms. The predicted octanol–water partition coefficient (Wildman–Crippen LogP) is 2.29. The fraction of sp³-hybridized carbons (Fsp3) is 0.333. The summed E-state index contributed by atoms with van der Waals surface area (Å²) >= 11 is 0. The number of rotatable bonds is 4. The van der Waals surface area contributed by atoms with Gasteiger partial charge in [-0.25, -0.2) is 9.97 Å². The maximum atomic E-state index is 6.15. The molecule has 2 N–H and O–H groups in total. The summed E-state index contributed by atoms with van der Waals surface area (Å²) in [6.45, 7) is 4.74. The molecule has 0 radical (unpaired) electrons. The van der Waals surface area contributed by atoms with Crippen LogP contribution in [-0.2, 0) is 0 Å². The van der Waals surface area contributed by atoms with E-state index in [9.17, 15) is 0 Å². The Morgan fingerprint density at radius 2 is 1.75 bits per heavy atom. The highest BCUT2D eigenvalue weighted by Gasteiger charge is 2.23. The second kappa shape index (κ2) is 7.52. The highest BCUT2D eigenvalue weighted by atomic mass is 16.5. The molecule has 2 aliphatic heterocycles. The Morgan fingerprint density at radius 1 is 1.00 bits per heavy atom. The number of anilines is 2. The van der Waals surface area contributed by atoms with Crippen LogP contribution < -0.4 is 25.0 Å². The molecule has 2 aliphatic rings. The van der Waals surface area contributed by atoms with Crippen molar-refractivity contribution in [2.75, 3.05) is 49.5 Å². The van der Waals surface area contributed by atoms with Crippen LogP contribution >= 0.6 is 0 Å². The zero-order valence-corrected chi connectivity index (χ0v) is 15.6. The number of ether oxygens (including phenoxy) is 2. The second-order valence-electron chi connectivity index (χ2n) is 7.01. The lowest BCUT2D eigenvalue weighted by atomic mass is 10.2. The Bertz CT molecular complexity index is 974. The molecule has 28 heavy (non-hydrogen) atoms. The van der Waals surface area contributed by atoms with Crippen molar-refractivity contribution in [2.24, 2.45) is 0 Å². The Kier molecular flexibility index (Phi) is 4.58. The Labute approximate surface area is 163 Å². The zero-order chi connectivity index (χ0) is 18.8. The van der Waals surface area contributed by atoms with E-state index in [1.807, 2.05) is 48.5 Å². The van der Waals surface area contributed by atoms with Gasteiger partial charge >= 0.3 is 0 Å². The topological polar surface area (TPSA) is 71.5 Å². The molecule has 1 aromatic heterocycles. The standard InChI is InChI=1S/C21H23N5O2/c1-2-6-17-16(5-1)24-20(26-11-9-22-10-12-26)21(25-17)27-14-15-13-23-18-7-3-4-8-19(18)28-15/h1-8,15,22-23H,9-14H2. The summed E-state index contributed by atoms with van der Waals surface area (Å²) in [5.74, 6) is 2.24. The van der Waals surface area contributed by atoms with Crippen molar-refractivity contribution < 1.29 is 9.47 Å². The molecule has 5 rings (SSSR count). The fourth-order valence-corrected chi connectivity index (χ4v) is 3.58. The van der Waals surface area contributed by atoms with Crippen LogP contribution in [0.5, 0.6) is 11.6 Å². The van der Waals surface area contributed by atoms with Crippen LogP contribution in [0.2, 0.25) is 0 Å². The van der Waals surface area contributed by atoms with E-state index in [0.717, 1.165) is 54.5 Å². The molecule has 1 atom stereocenters. The third-order valence-electron chi connectivity index (χ3n) is 5.04. The van der Waals surface area contributed by atoms with Crippen LogP contribution in [0.25, 0.3) is 11.0 Å². The number of piperazine rings is 1. The molecule has 7 nitrogen and oxygen atoms in total. The van der Waals surface area contributed by atoms with Gasteiger partial charge in [0.05, 0.1) is 23.3 Å². The first kappa shape index (κ1) is 17.1. The van der Waals surface area contributed by atoms with Gasteiger partial charge in [0.2, 0.25) is 0 Å². The van der Waals surface area contributed by atoms with E-state index in [4.69, 9.17) is 19.4 Å². The summed E-state index contributed by atoms with van der Waals surface area (Å²) < 4.78 is 12.2. The third-order valence-corrected chi connectivity index (χ3v) is 5.04. The van der Waals surface area contributed by atoms with Crippen molar-refractivity contribution in [3.8, 4) is 11.6 Å². The smallest absolute Gasteiger partial charge is 0.258 e. The molecular formula is C21H23N5O2. The zero-order valence-electron chi connectivity index (χ0n) is 15.6. The lowest BCUT2D eigenvalue weighted by Crippen LogP contribution is -2.44. The average molecular weight is 377 g/mol. The van der Waals surface area contributed by atoms with Gasteiger partial charge in [-0.1, -0.05) is 24.3 Å². The SMILES string of the molecule is c1ccc2c(c1)NCC(COc1nc3ccccc3nc1N1CCNCC1)O2. The van der Waals surface area contributed by atoms with Gasteiger partial charge in [-0.15, -0.1) is 0 Å². The molecule has 1 saturated heterocycles. The summed E-state index contributed by atoms with van der Waals surface area (Å²) in [6, 6.07) is 15.9. The minimum absolute atomic E-state index is 0.0842. The van der Waals surface area contributed by atoms with Crippen LogP contribution in [0.1, 0.15) is 0 Å². The average Bonchev–Trinajstić information content (AvgIpc) is 2.77. The molecule has 3 heterocycles. The summed E-state index contributed by atoms with van der Waals surface area (Å²) in [5.41, 5.74) is 2.74. The van der Waals surface area contributed by atoms with Gasteiger partial charge < -0.3 is 25.0 Å². The van der Waals surface area contributed by atoms with Crippen LogP contribution in [0.15, 0.2) is 48.5 Å². The normalized spacial score (nSPS) is 18.9. The second-order valence-corrected chi connectivity index (χ2v) is 7.01. The van der Waals surface area contributed by atoms with E-state index in [1.54, 1.807) is 0 Å². The van der Waals surface area contributed by atoms with E-state index in [0.29, 0.717) is 19.0 Å². The molecule has 0 bridgehead atoms. The van der Waals surface area contributed by atoms with Crippen molar-refractivity contribution in [3.63, 3.8) is 0 Å². The number of fused-ring (bicyclic) bond motifs is 2. The van der Waals surface area contributed by atoms with Crippen molar-refractivity contribution in [1.82, 2.24) is 15.3 Å². The third kappa shape index (κ3) is 3.41. The van der Waals surface area contributed by atoms with E-state index in [2.05, 4.69) is 15.5 Å². The van der Waals surface area contributed by atoms with Gasteiger partial charge in [-0.2, -0.15) is 0 Å². The van der Waals surface area contributed by atoms with Gasteiger partial charge in [-0.05, 0) is 24.3 Å². The van der Waals surface area contributed by atoms with E-state index in [-0.39, 0.29) is 6.10 Å². The first-order valence-electron chi connectivity index (χ1n) is 9.71. The first-order chi connectivity index (χ1) is 13.9. The molecule has 144 valence electrons. The quantitative estimate of drug-likeness (QED) is 0.723. The van der Waals surface area contributed by atoms with Gasteiger partial charge in [0, 0.05) is 26.2 Å². The summed E-state index contributed by atoms with van der Waals surface area (Å²) in [5, 5.41) is 6.77. The lowest BCUT2D eigenvalue weighted by molar-refractivity contribution is 0.130. The molecular weight excluding hydrogens is 354 g/mol. The van der Waals surface area contributed by atoms with Gasteiger partial charge in [0.15, 0.2) is 5.82 Å². The molecule has 0 spiro atoms. The molecule has 3 aromatic rings. The highest BCUT2D eigenvalue weighted by Crippen LogP contribution is 2.30. The molecule has 0 amide bonds. The summed E-state index contributed by atoms with van der Waals surface area (Å²) in [4.78, 5) is 11.8. The van der Waals surface area contributed by atoms with Crippen molar-refractivity contribution in [1.29, 1.82) is 0 Å². The largest absolute Gasteiger partial charge is 0.483 e. The maximum absolute atomic E-state index is 6.15. The monoisotopic (exact) mass is 377 g/mol. The van der Waals surface area contributed by atoms with Gasteiger partial charge in [-0.3, -0.25) is 0 Å². The van der Waals surface area contributed by atoms with Gasteiger partial charge in [0.25, 0.3) is 5.88 Å². The van der Waals surface area contributed by atoms with Crippen LogP contribution in [0, 0.1) is 0 Å². The highest BCUT2D eigenvalue weighted by molar-refractivity contribution is 5.77. The minimum Gasteiger partial charge on any atom is -0.483 e. The lowest BCUT2D eigenvalue weighted by Gasteiger charge is -2.30. The van der Waals surface area contributed by atoms with Crippen molar-refractivity contribution in [3.05, 3.63) is 48.5 Å². The number of nitrogens with one attached hydrogen (secondary N) is 2. The predicted molar refractivity (Wildman–Crippen MR) is 109 cm³/mol. The molecule has 2 aromatic carbocycles. The molecule has 0 aliphatic carbocycles. The van der Waals surface area contributed by atoms with E-state index in [1.165, 1.54) is 0 Å². The number of hydrogen-bond acceptors (Lipinski definition) is 7. The van der Waals surface area contributed by atoms with Crippen LogP contribution in [0.4, 0.5) is 11.5 Å². The minimum atomic E-state index is -0.0842. The summed E-state index contributed by atoms with van der Waals surface area (Å²) in [7, 11) is 0. The van der Waals surface area contributed by atoms with Gasteiger partial charge in [0.1, 0.15) is 18.5 Å². The van der Waals surface area contributed by atoms with Crippen molar-refractivity contribution >= 4 is 22.5 Å². The number of benzene rings is 2. The number of para-hydroxylation sites is 4. The van der Waals surface area contributed by atoms with E-state index < -0.39 is 0 Å². The Morgan fingerprint density at radius 3 is 2.61 bits per heavy atom. The van der Waals surface area contributed by atoms with Crippen molar-refractivity contribution in [2.45, 2.75) is 6.10 Å². The Balaban J connectivity index is 1.38. The summed E-state index contributed by atoms with van der Waals surface area (Å²) in [6.07, 6.45) is -0.0842. The number of nitrogens with zero attached hydrogens (tertiary/aromatic N) is 3. The van der Waals surface area contributed by atoms with Crippen LogP contribution in [-0.4, -0.2) is 55.4 Å². The Hall–Kier alpha value is -3.06. The number of aromatic nitrogens is 2. The molecule has 1 fully saturated rings. The maximum Gasteiger partial charge on any atom is 0.258 e. The number of hydrogen-bond donors (Lipinski definition) is 2. The molecule has 0 saturated carbocycles. The van der Waals surface area contributed by atoms with E-state index >= 15 is 0 Å². The first-order valence-corrected chi connectivity index (χ1v) is 9.71.